The maximum Gasteiger partial charge on any atom is 0.314 e. The predicted molar refractivity (Wildman–Crippen MR) is 363 cm³/mol. The number of H-pyrrole nitrogens is 1. The molecule has 0 spiro atoms. The first-order chi connectivity index (χ1) is 45.5. The summed E-state index contributed by atoms with van der Waals surface area (Å²) in [7, 11) is 2.95. The van der Waals surface area contributed by atoms with Gasteiger partial charge in [0.15, 0.2) is 23.8 Å². The molecule has 8 aliphatic carbocycles. The van der Waals surface area contributed by atoms with Crippen molar-refractivity contribution in [3.05, 3.63) is 113 Å². The number of aliphatic imine (C=N–C) groups is 1. The van der Waals surface area contributed by atoms with Crippen molar-refractivity contribution >= 4 is 45.1 Å². The van der Waals surface area contributed by atoms with Gasteiger partial charge in [-0.1, -0.05) is 102 Å². The summed E-state index contributed by atoms with van der Waals surface area (Å²) >= 11 is 0. The van der Waals surface area contributed by atoms with Crippen molar-refractivity contribution in [3.8, 4) is 17.6 Å². The number of aliphatic hydroxyl groups excluding tert-OH is 5. The largest absolute Gasteiger partial charge is 0.508 e. The first-order valence-corrected chi connectivity index (χ1v) is 37.7. The zero-order chi connectivity index (χ0) is 67.0. The quantitative estimate of drug-likeness (QED) is 0.0169. The van der Waals surface area contributed by atoms with Crippen LogP contribution in [-0.2, 0) is 25.7 Å². The molecule has 0 unspecified atom stereocenters. The van der Waals surface area contributed by atoms with Gasteiger partial charge in [-0.05, 0) is 177 Å². The Morgan fingerprint density at radius 2 is 1.68 bits per heavy atom. The maximum absolute atomic E-state index is 16.5. The fourth-order valence-electron chi connectivity index (χ4n) is 21.8. The van der Waals surface area contributed by atoms with Crippen LogP contribution in [0.15, 0.2) is 101 Å². The first-order valence-electron chi connectivity index (χ1n) is 35.2. The molecule has 20 heteroatoms. The number of aromatic nitrogens is 1. The highest BCUT2D eigenvalue weighted by molar-refractivity contribution is 8.76. The number of Topliss-reactive ketones (excluding diaryl/α,β-unsaturated/α-hetero) is 2. The maximum atomic E-state index is 16.5. The van der Waals surface area contributed by atoms with Gasteiger partial charge < -0.3 is 72.0 Å². The van der Waals surface area contributed by atoms with E-state index in [0.717, 1.165) is 48.8 Å². The summed E-state index contributed by atoms with van der Waals surface area (Å²) in [6.07, 6.45) is 4.68. The van der Waals surface area contributed by atoms with E-state index < -0.39 is 136 Å². The molecule has 2 saturated heterocycles. The van der Waals surface area contributed by atoms with Crippen molar-refractivity contribution in [2.45, 2.75) is 184 Å². The molecule has 7 fully saturated rings. The molecule has 13 rings (SSSR count). The number of aromatic amines is 1. The molecule has 5 saturated carbocycles. The highest BCUT2D eigenvalue weighted by Crippen LogP contribution is 2.73. The molecule has 25 atom stereocenters. The van der Waals surface area contributed by atoms with Gasteiger partial charge in [-0.25, -0.2) is 4.99 Å². The summed E-state index contributed by atoms with van der Waals surface area (Å²) in [4.78, 5) is 54.0. The van der Waals surface area contributed by atoms with E-state index in [1.807, 2.05) is 62.6 Å². The molecule has 1 aromatic heterocycles. The standard InChI is InChI=1S/C75H99N5O13S2/c1-5-57-62(60(70(90)93-57)45-23-26-77-35-45)48-13-9-12-44-32-75(92)64-53(72(3)33-56(84)66(86)52-38-95-94-37-46(41-16-19-47(82)20-17-41)30-55(83)54(36-81)80-65(64)67(87)63(52)72)22-24-74(75,25-27-78-71(76)79-34-40-10-7-6-8-11-40)68(44)73(4,91)58(85)31-51(69(88)89)59-43-18-21-49(48)61(59)50-28-39(2)14-15-42(50)29-43/h6-8,10-11,16-17,19-20,23,26,29,35,39,43-44,46,48-54,56-63,66,68-69,77,80-82,84-86,88-89,91-92H,5,12,14-15,18,21-22,24-25,27-28,30-34,36-38H2,1-4H3,(H3,76,78,79)/t39-,43-,44+,46-,48+,49+,50-,51-,52+,53+,54+,56+,57+,58-,59+,60+,61+,62+,63+,66-,68-,72-,73+,74+,75-/m1/s1. The van der Waals surface area contributed by atoms with Crippen LogP contribution in [0, 0.1) is 106 Å². The van der Waals surface area contributed by atoms with E-state index in [-0.39, 0.29) is 123 Å². The fourth-order valence-corrected chi connectivity index (χ4v) is 24.6. The van der Waals surface area contributed by atoms with Crippen LogP contribution in [0.1, 0.15) is 146 Å². The number of aromatic hydroxyl groups is 1. The van der Waals surface area contributed by atoms with E-state index in [0.29, 0.717) is 23.7 Å². The third-order valence-electron chi connectivity index (χ3n) is 25.9. The van der Waals surface area contributed by atoms with E-state index in [1.165, 1.54) is 27.2 Å². The topological polar surface area (TPSA) is 321 Å². The Balaban J connectivity index is 1.00. The Morgan fingerprint density at radius 1 is 0.916 bits per heavy atom. The van der Waals surface area contributed by atoms with Crippen LogP contribution in [0.4, 0.5) is 0 Å². The lowest BCUT2D eigenvalue weighted by atomic mass is 9.43. The molecule has 14 N–H and O–H groups in total. The second-order valence-corrected chi connectivity index (χ2v) is 33.4. The second kappa shape index (κ2) is 27.2. The number of guanidine groups is 1. The predicted octanol–water partition coefficient (Wildman–Crippen LogP) is 7.39. The van der Waals surface area contributed by atoms with E-state index in [4.69, 9.17) is 15.5 Å². The van der Waals surface area contributed by atoms with Gasteiger partial charge in [-0.15, -0.1) is 5.92 Å². The minimum Gasteiger partial charge on any atom is -0.508 e. The molecule has 18 nitrogen and oxygen atoms in total. The molecule has 514 valence electrons. The van der Waals surface area contributed by atoms with Crippen molar-refractivity contribution < 1.29 is 65.1 Å². The normalized spacial score (nSPS) is 42.8. The average Bonchev–Trinajstić information content (AvgIpc) is 1.56. The lowest BCUT2D eigenvalue weighted by Crippen LogP contribution is -2.67. The van der Waals surface area contributed by atoms with Gasteiger partial charge in [0, 0.05) is 90.1 Å². The van der Waals surface area contributed by atoms with E-state index in [2.05, 4.69) is 40.5 Å². The minimum absolute atomic E-state index is 0.00233. The monoisotopic (exact) mass is 1340 g/mol. The number of hydrogen-bond donors (Lipinski definition) is 13. The molecular formula is C75H99N5O13S2. The van der Waals surface area contributed by atoms with Gasteiger partial charge in [0.05, 0.1) is 54.3 Å². The van der Waals surface area contributed by atoms with Crippen LogP contribution in [0.25, 0.3) is 0 Å². The second-order valence-electron chi connectivity index (χ2n) is 30.9. The average molecular weight is 1340 g/mol. The van der Waals surface area contributed by atoms with E-state index >= 15 is 14.7 Å². The van der Waals surface area contributed by atoms with E-state index in [1.54, 1.807) is 31.2 Å². The molecule has 3 heterocycles. The summed E-state index contributed by atoms with van der Waals surface area (Å²) in [5, 5.41) is 120. The number of ether oxygens (including phenoxy) is 1. The lowest BCUT2D eigenvalue weighted by molar-refractivity contribution is -0.203. The Bertz CT molecular complexity index is 3460. The summed E-state index contributed by atoms with van der Waals surface area (Å²) in [5.74, 6) is 0.119. The number of allylic oxidation sites excluding steroid dienone is 3. The lowest BCUT2D eigenvalue weighted by Gasteiger charge is -2.63. The number of carbonyl (C=O) groups is 3. The van der Waals surface area contributed by atoms with Crippen LogP contribution in [-0.4, -0.2) is 147 Å². The number of ketones is 2. The Morgan fingerprint density at radius 3 is 2.41 bits per heavy atom. The molecule has 0 radical (unpaired) electrons. The minimum atomic E-state index is -2.12. The molecule has 3 aromatic rings. The molecule has 95 heavy (non-hydrogen) atoms. The number of esters is 1. The number of phenolic OH excluding ortho intramolecular Hbond substituents is 1. The van der Waals surface area contributed by atoms with Crippen LogP contribution < -0.4 is 16.4 Å². The van der Waals surface area contributed by atoms with E-state index in [9.17, 15) is 45.6 Å². The Labute approximate surface area is 566 Å². The number of rotatable bonds is 11. The van der Waals surface area contributed by atoms with Crippen LogP contribution >= 0.6 is 21.6 Å². The summed E-state index contributed by atoms with van der Waals surface area (Å²) in [6, 6.07) is 16.9. The molecule has 6 bridgehead atoms. The number of nitrogens with two attached hydrogens (primary N) is 1. The SMILES string of the molecule is CC[C@@H]1OC(=O)[C@@H](c2cc[nH]c2)[C@H]1[C@H]1C#CC[C@H]2C[C@@]3(O)C4=C5N[C@@H](CO)C(=O)C[C@@H](c6ccc(O)cc6)CSSC[C@@H]6[C@@H](O)[C@@H](O)C[C@@](C)([C@@H]6C5=O)[C@H]4CC[C@]3(CCNC(N)=NCc3ccccc3)[C@H]2[C@@](C)(O)[C@H](O)C[C@@H](C(O)O)[C@H]2[C@H]3[C@H]1CC[C@@H]2C=C1CC[C@@H](C)C[C@H]13. The van der Waals surface area contributed by atoms with Crippen LogP contribution in [0.2, 0.25) is 0 Å². The van der Waals surface area contributed by atoms with Gasteiger partial charge in [-0.2, -0.15) is 0 Å². The van der Waals surface area contributed by atoms with Crippen LogP contribution in [0.3, 0.4) is 0 Å². The highest BCUT2D eigenvalue weighted by atomic mass is 33.1. The number of phenols is 1. The van der Waals surface area contributed by atoms with Gasteiger partial charge in [-0.3, -0.25) is 14.4 Å². The third-order valence-corrected chi connectivity index (χ3v) is 28.5. The fraction of sp³-hybridized carbons (Fsp3) is 0.653. The van der Waals surface area contributed by atoms with Crippen molar-refractivity contribution in [2.24, 2.45) is 104 Å². The number of carbonyl (C=O) groups excluding carboxylic acids is 3. The number of fused-ring (bicyclic) bond motifs is 8. The molecule has 2 aliphatic heterocycles. The molecule has 0 amide bonds. The molecule has 10 aliphatic rings. The number of benzene rings is 2. The van der Waals surface area contributed by atoms with Crippen LogP contribution in [0.5, 0.6) is 5.75 Å². The first kappa shape index (κ1) is 68.3. The zero-order valence-electron chi connectivity index (χ0n) is 55.1. The molecule has 2 aromatic carbocycles. The smallest absolute Gasteiger partial charge is 0.314 e. The summed E-state index contributed by atoms with van der Waals surface area (Å²) < 4.78 is 6.42. The summed E-state index contributed by atoms with van der Waals surface area (Å²) in [6.45, 7) is 7.55. The van der Waals surface area contributed by atoms with Crippen molar-refractivity contribution in [3.63, 3.8) is 0 Å². The zero-order valence-corrected chi connectivity index (χ0v) is 56.8. The van der Waals surface area contributed by atoms with Gasteiger partial charge in [0.1, 0.15) is 17.9 Å². The molecular weight excluding hydrogens is 1240 g/mol. The number of hydrogen-bond acceptors (Lipinski definition) is 17. The van der Waals surface area contributed by atoms with Crippen molar-refractivity contribution in [1.82, 2.24) is 15.6 Å². The van der Waals surface area contributed by atoms with Crippen molar-refractivity contribution in [1.29, 1.82) is 0 Å². The van der Waals surface area contributed by atoms with Crippen molar-refractivity contribution in [2.75, 3.05) is 24.7 Å². The number of cyclic esters (lactones) is 1. The Hall–Kier alpha value is -5.18. The highest BCUT2D eigenvalue weighted by Gasteiger charge is 2.75. The number of nitrogens with one attached hydrogen (secondary N) is 3. The van der Waals surface area contributed by atoms with Gasteiger partial charge >= 0.3 is 5.97 Å². The Kier molecular flexibility index (Phi) is 19.5. The number of nitrogens with zero attached hydrogens (tertiary/aromatic N) is 1. The van der Waals surface area contributed by atoms with Gasteiger partial charge in [0.25, 0.3) is 0 Å². The number of aliphatic hydroxyl groups is 8. The third kappa shape index (κ3) is 12.0. The van der Waals surface area contributed by atoms with Gasteiger partial charge in [0.2, 0.25) is 0 Å². The summed E-state index contributed by atoms with van der Waals surface area (Å²) in [5.41, 5.74) is 4.12.